The maximum Gasteiger partial charge on any atom is 0.167 e. The minimum absolute atomic E-state index is 0.0594. The highest BCUT2D eigenvalue weighted by Crippen LogP contribution is 2.23. The zero-order chi connectivity index (χ0) is 12.4. The summed E-state index contributed by atoms with van der Waals surface area (Å²) in [7, 11) is 0. The second-order valence-electron chi connectivity index (χ2n) is 3.57. The van der Waals surface area contributed by atoms with E-state index in [-0.39, 0.29) is 16.7 Å². The normalized spacial score (nSPS) is 10.4. The van der Waals surface area contributed by atoms with Crippen LogP contribution in [-0.2, 0) is 0 Å². The molecule has 2 aromatic rings. The van der Waals surface area contributed by atoms with Gasteiger partial charge in [0.25, 0.3) is 0 Å². The standard InChI is InChI=1S/C12H9ClF2N2/c1-7-4-9(14)2-3-11(7)17-12-10(15)5-8(13)6-16-12/h2-6H,1H3,(H,16,17). The average molecular weight is 255 g/mol. The number of anilines is 2. The summed E-state index contributed by atoms with van der Waals surface area (Å²) in [6.45, 7) is 1.72. The lowest BCUT2D eigenvalue weighted by Crippen LogP contribution is -1.98. The Kier molecular flexibility index (Phi) is 3.24. The van der Waals surface area contributed by atoms with Crippen LogP contribution in [0.2, 0.25) is 5.02 Å². The molecule has 1 N–H and O–H groups in total. The lowest BCUT2D eigenvalue weighted by atomic mass is 10.2. The molecule has 88 valence electrons. The monoisotopic (exact) mass is 254 g/mol. The van der Waals surface area contributed by atoms with Gasteiger partial charge in [-0.25, -0.2) is 13.8 Å². The Morgan fingerprint density at radius 3 is 2.65 bits per heavy atom. The minimum atomic E-state index is -0.554. The van der Waals surface area contributed by atoms with Crippen molar-refractivity contribution in [1.29, 1.82) is 0 Å². The minimum Gasteiger partial charge on any atom is -0.338 e. The SMILES string of the molecule is Cc1cc(F)ccc1Nc1ncc(Cl)cc1F. The van der Waals surface area contributed by atoms with Crippen LogP contribution in [0, 0.1) is 18.6 Å². The molecular formula is C12H9ClF2N2. The van der Waals surface area contributed by atoms with Gasteiger partial charge in [-0.05, 0) is 36.8 Å². The van der Waals surface area contributed by atoms with Crippen molar-refractivity contribution in [2.45, 2.75) is 6.92 Å². The van der Waals surface area contributed by atoms with Gasteiger partial charge in [0.2, 0.25) is 0 Å². The predicted molar refractivity (Wildman–Crippen MR) is 63.6 cm³/mol. The molecule has 1 heterocycles. The zero-order valence-corrected chi connectivity index (χ0v) is 9.72. The first-order valence-corrected chi connectivity index (χ1v) is 5.28. The Balaban J connectivity index is 2.31. The van der Waals surface area contributed by atoms with Crippen LogP contribution in [0.5, 0.6) is 0 Å². The van der Waals surface area contributed by atoms with Crippen molar-refractivity contribution in [1.82, 2.24) is 4.98 Å². The van der Waals surface area contributed by atoms with Crippen LogP contribution < -0.4 is 5.32 Å². The Labute approximate surface area is 102 Å². The molecule has 0 spiro atoms. The van der Waals surface area contributed by atoms with Crippen molar-refractivity contribution in [2.24, 2.45) is 0 Å². The molecule has 2 nitrogen and oxygen atoms in total. The molecule has 0 aliphatic carbocycles. The first-order valence-electron chi connectivity index (χ1n) is 4.90. The van der Waals surface area contributed by atoms with E-state index in [2.05, 4.69) is 10.3 Å². The van der Waals surface area contributed by atoms with Crippen molar-refractivity contribution in [3.8, 4) is 0 Å². The molecule has 17 heavy (non-hydrogen) atoms. The molecule has 0 atom stereocenters. The van der Waals surface area contributed by atoms with Gasteiger partial charge < -0.3 is 5.32 Å². The lowest BCUT2D eigenvalue weighted by molar-refractivity contribution is 0.625. The van der Waals surface area contributed by atoms with Gasteiger partial charge >= 0.3 is 0 Å². The molecule has 0 aliphatic heterocycles. The number of nitrogens with one attached hydrogen (secondary N) is 1. The zero-order valence-electron chi connectivity index (χ0n) is 8.97. The second-order valence-corrected chi connectivity index (χ2v) is 4.00. The van der Waals surface area contributed by atoms with E-state index in [9.17, 15) is 8.78 Å². The molecule has 0 saturated carbocycles. The molecule has 0 unspecified atom stereocenters. The fraction of sp³-hybridized carbons (Fsp3) is 0.0833. The van der Waals surface area contributed by atoms with Gasteiger partial charge in [-0.3, -0.25) is 0 Å². The smallest absolute Gasteiger partial charge is 0.167 e. The van der Waals surface area contributed by atoms with E-state index in [1.165, 1.54) is 24.4 Å². The third-order valence-corrected chi connectivity index (χ3v) is 2.46. The number of rotatable bonds is 2. The maximum atomic E-state index is 13.5. The molecule has 0 amide bonds. The van der Waals surface area contributed by atoms with E-state index in [4.69, 9.17) is 11.6 Å². The summed E-state index contributed by atoms with van der Waals surface area (Å²) in [6, 6.07) is 5.34. The first kappa shape index (κ1) is 11.8. The molecular weight excluding hydrogens is 246 g/mol. The van der Waals surface area contributed by atoms with Crippen molar-refractivity contribution in [3.63, 3.8) is 0 Å². The summed E-state index contributed by atoms with van der Waals surface area (Å²) in [6.07, 6.45) is 1.34. The van der Waals surface area contributed by atoms with Crippen LogP contribution in [0.1, 0.15) is 5.56 Å². The third-order valence-electron chi connectivity index (χ3n) is 2.25. The number of nitrogens with zero attached hydrogens (tertiary/aromatic N) is 1. The molecule has 0 saturated heterocycles. The molecule has 1 aromatic heterocycles. The van der Waals surface area contributed by atoms with E-state index in [0.29, 0.717) is 11.3 Å². The van der Waals surface area contributed by atoms with Crippen molar-refractivity contribution >= 4 is 23.1 Å². The van der Waals surface area contributed by atoms with Crippen LogP contribution in [0.4, 0.5) is 20.3 Å². The summed E-state index contributed by atoms with van der Waals surface area (Å²) in [5, 5.41) is 3.01. The van der Waals surface area contributed by atoms with E-state index >= 15 is 0 Å². The molecule has 0 bridgehead atoms. The van der Waals surface area contributed by atoms with E-state index < -0.39 is 5.82 Å². The summed E-state index contributed by atoms with van der Waals surface area (Å²) in [5.41, 5.74) is 1.27. The Morgan fingerprint density at radius 1 is 1.24 bits per heavy atom. The van der Waals surface area contributed by atoms with Gasteiger partial charge in [-0.2, -0.15) is 0 Å². The largest absolute Gasteiger partial charge is 0.338 e. The summed E-state index contributed by atoms with van der Waals surface area (Å²) < 4.78 is 26.3. The van der Waals surface area contributed by atoms with Gasteiger partial charge in [0.15, 0.2) is 11.6 Å². The highest BCUT2D eigenvalue weighted by atomic mass is 35.5. The number of hydrogen-bond donors (Lipinski definition) is 1. The Bertz CT molecular complexity index is 509. The van der Waals surface area contributed by atoms with Crippen molar-refractivity contribution < 1.29 is 8.78 Å². The molecule has 2 rings (SSSR count). The van der Waals surface area contributed by atoms with E-state index in [0.717, 1.165) is 6.07 Å². The number of aryl methyl sites for hydroxylation is 1. The van der Waals surface area contributed by atoms with Gasteiger partial charge in [-0.1, -0.05) is 11.6 Å². The van der Waals surface area contributed by atoms with Crippen LogP contribution in [0.3, 0.4) is 0 Å². The first-order chi connectivity index (χ1) is 8.06. The van der Waals surface area contributed by atoms with Gasteiger partial charge in [-0.15, -0.1) is 0 Å². The van der Waals surface area contributed by atoms with Gasteiger partial charge in [0.1, 0.15) is 5.82 Å². The molecule has 0 radical (unpaired) electrons. The maximum absolute atomic E-state index is 13.5. The number of aromatic nitrogens is 1. The quantitative estimate of drug-likeness (QED) is 0.874. The summed E-state index contributed by atoms with van der Waals surface area (Å²) >= 11 is 5.59. The molecule has 5 heteroatoms. The van der Waals surface area contributed by atoms with Gasteiger partial charge in [0.05, 0.1) is 5.02 Å². The number of halogens is 3. The third kappa shape index (κ3) is 2.71. The van der Waals surface area contributed by atoms with Crippen molar-refractivity contribution in [3.05, 3.63) is 52.7 Å². The number of benzene rings is 1. The summed E-state index contributed by atoms with van der Waals surface area (Å²) in [5.74, 6) is -0.831. The summed E-state index contributed by atoms with van der Waals surface area (Å²) in [4.78, 5) is 3.82. The second kappa shape index (κ2) is 4.67. The molecule has 1 aromatic carbocycles. The van der Waals surface area contributed by atoms with Crippen molar-refractivity contribution in [2.75, 3.05) is 5.32 Å². The van der Waals surface area contributed by atoms with E-state index in [1.54, 1.807) is 6.92 Å². The van der Waals surface area contributed by atoms with Crippen LogP contribution in [0.25, 0.3) is 0 Å². The number of hydrogen-bond acceptors (Lipinski definition) is 2. The van der Waals surface area contributed by atoms with Crippen LogP contribution >= 0.6 is 11.6 Å². The molecule has 0 fully saturated rings. The topological polar surface area (TPSA) is 24.9 Å². The number of pyridine rings is 1. The fourth-order valence-electron chi connectivity index (χ4n) is 1.40. The van der Waals surface area contributed by atoms with Crippen LogP contribution in [-0.4, -0.2) is 4.98 Å². The Hall–Kier alpha value is -1.68. The highest BCUT2D eigenvalue weighted by Gasteiger charge is 2.06. The molecule has 0 aliphatic rings. The average Bonchev–Trinajstić information content (AvgIpc) is 2.25. The van der Waals surface area contributed by atoms with Crippen LogP contribution in [0.15, 0.2) is 30.5 Å². The predicted octanol–water partition coefficient (Wildman–Crippen LogP) is 4.07. The fourth-order valence-corrected chi connectivity index (χ4v) is 1.55. The van der Waals surface area contributed by atoms with Gasteiger partial charge in [0, 0.05) is 11.9 Å². The Morgan fingerprint density at radius 2 is 2.00 bits per heavy atom. The highest BCUT2D eigenvalue weighted by molar-refractivity contribution is 6.30. The van der Waals surface area contributed by atoms with E-state index in [1.807, 2.05) is 0 Å². The lowest BCUT2D eigenvalue weighted by Gasteiger charge is -2.09.